The lowest BCUT2D eigenvalue weighted by Crippen LogP contribution is -2.39. The molecule has 3 atom stereocenters. The molecule has 2 fully saturated rings. The normalized spacial score (nSPS) is 34.2. The highest BCUT2D eigenvalue weighted by Gasteiger charge is 2.62. The molecule has 20 heavy (non-hydrogen) atoms. The Morgan fingerprint density at radius 3 is 2.75 bits per heavy atom. The van der Waals surface area contributed by atoms with Crippen LogP contribution in [0.25, 0.3) is 0 Å². The highest BCUT2D eigenvalue weighted by Crippen LogP contribution is 2.66. The average molecular weight is 274 g/mol. The standard InChI is InChI=1S/C17H26N2O/c1-5-18-14-7-6-8-15(19-14)20-13-11-12-9-10-17(13,4)16(12,2)3/h6-8,12-13H,5,9-11H2,1-4H3,(H,18,19). The number of nitrogens with one attached hydrogen (secondary N) is 1. The van der Waals surface area contributed by atoms with Gasteiger partial charge >= 0.3 is 0 Å². The van der Waals surface area contributed by atoms with Crippen molar-refractivity contribution in [3.05, 3.63) is 18.2 Å². The van der Waals surface area contributed by atoms with Crippen molar-refractivity contribution >= 4 is 5.82 Å². The van der Waals surface area contributed by atoms with Gasteiger partial charge in [0.05, 0.1) is 0 Å². The molecular formula is C17H26N2O. The molecule has 1 aromatic heterocycles. The van der Waals surface area contributed by atoms with Gasteiger partial charge in [0, 0.05) is 18.0 Å². The van der Waals surface area contributed by atoms with E-state index in [2.05, 4.69) is 38.0 Å². The molecule has 3 unspecified atom stereocenters. The Morgan fingerprint density at radius 2 is 2.15 bits per heavy atom. The highest BCUT2D eigenvalue weighted by atomic mass is 16.5. The van der Waals surface area contributed by atoms with E-state index in [1.807, 2.05) is 18.2 Å². The number of aromatic nitrogens is 1. The fourth-order valence-electron chi connectivity index (χ4n) is 4.21. The molecule has 3 nitrogen and oxygen atoms in total. The molecule has 0 saturated heterocycles. The molecule has 1 aromatic rings. The smallest absolute Gasteiger partial charge is 0.215 e. The SMILES string of the molecule is CCNc1cccc(OC2CC3CCC2(C)C3(C)C)n1. The van der Waals surface area contributed by atoms with Crippen molar-refractivity contribution in [2.24, 2.45) is 16.7 Å². The molecular weight excluding hydrogens is 248 g/mol. The van der Waals surface area contributed by atoms with Gasteiger partial charge in [-0.1, -0.05) is 26.8 Å². The van der Waals surface area contributed by atoms with Crippen LogP contribution < -0.4 is 10.1 Å². The van der Waals surface area contributed by atoms with Crippen molar-refractivity contribution in [3.8, 4) is 5.88 Å². The predicted octanol–water partition coefficient (Wildman–Crippen LogP) is 4.11. The van der Waals surface area contributed by atoms with Gasteiger partial charge in [0.25, 0.3) is 0 Å². The van der Waals surface area contributed by atoms with Crippen LogP contribution in [0.1, 0.15) is 47.0 Å². The quantitative estimate of drug-likeness (QED) is 0.897. The number of fused-ring (bicyclic) bond motifs is 2. The molecule has 2 saturated carbocycles. The second-order valence-corrected chi connectivity index (χ2v) is 7.11. The fourth-order valence-corrected chi connectivity index (χ4v) is 4.21. The topological polar surface area (TPSA) is 34.1 Å². The monoisotopic (exact) mass is 274 g/mol. The molecule has 3 heteroatoms. The van der Waals surface area contributed by atoms with E-state index < -0.39 is 0 Å². The summed E-state index contributed by atoms with van der Waals surface area (Å²) in [6.45, 7) is 10.2. The van der Waals surface area contributed by atoms with Gasteiger partial charge in [0.2, 0.25) is 5.88 Å². The molecule has 2 bridgehead atoms. The number of hydrogen-bond donors (Lipinski definition) is 1. The van der Waals surface area contributed by atoms with Gasteiger partial charge in [-0.15, -0.1) is 0 Å². The number of hydrogen-bond acceptors (Lipinski definition) is 3. The van der Waals surface area contributed by atoms with Crippen molar-refractivity contribution in [3.63, 3.8) is 0 Å². The van der Waals surface area contributed by atoms with Crippen LogP contribution in [0, 0.1) is 16.7 Å². The van der Waals surface area contributed by atoms with E-state index in [0.717, 1.165) is 24.2 Å². The van der Waals surface area contributed by atoms with E-state index in [9.17, 15) is 0 Å². The summed E-state index contributed by atoms with van der Waals surface area (Å²) < 4.78 is 6.28. The minimum Gasteiger partial charge on any atom is -0.474 e. The number of anilines is 1. The number of pyridine rings is 1. The largest absolute Gasteiger partial charge is 0.474 e. The van der Waals surface area contributed by atoms with Crippen LogP contribution in [0.3, 0.4) is 0 Å². The predicted molar refractivity (Wildman–Crippen MR) is 82.0 cm³/mol. The molecule has 0 spiro atoms. The summed E-state index contributed by atoms with van der Waals surface area (Å²) in [5.74, 6) is 2.46. The molecule has 0 aromatic carbocycles. The van der Waals surface area contributed by atoms with Gasteiger partial charge < -0.3 is 10.1 Å². The molecule has 1 N–H and O–H groups in total. The zero-order valence-corrected chi connectivity index (χ0v) is 13.1. The van der Waals surface area contributed by atoms with Crippen molar-refractivity contribution in [2.75, 3.05) is 11.9 Å². The molecule has 3 rings (SSSR count). The third kappa shape index (κ3) is 1.90. The Labute approximate surface area is 122 Å². The maximum atomic E-state index is 6.28. The maximum Gasteiger partial charge on any atom is 0.215 e. The van der Waals surface area contributed by atoms with E-state index in [0.29, 0.717) is 11.5 Å². The molecule has 0 aliphatic heterocycles. The van der Waals surface area contributed by atoms with Crippen molar-refractivity contribution in [1.82, 2.24) is 4.98 Å². The number of rotatable bonds is 4. The zero-order chi connectivity index (χ0) is 14.4. The van der Waals surface area contributed by atoms with Crippen LogP contribution in [0.15, 0.2) is 18.2 Å². The van der Waals surface area contributed by atoms with Crippen LogP contribution in [-0.2, 0) is 0 Å². The van der Waals surface area contributed by atoms with E-state index in [1.54, 1.807) is 0 Å². The van der Waals surface area contributed by atoms with Crippen LogP contribution in [-0.4, -0.2) is 17.6 Å². The molecule has 0 amide bonds. The first-order chi connectivity index (χ1) is 9.47. The van der Waals surface area contributed by atoms with Gasteiger partial charge in [0.15, 0.2) is 0 Å². The second kappa shape index (κ2) is 4.64. The molecule has 1 heterocycles. The first kappa shape index (κ1) is 13.7. The summed E-state index contributed by atoms with van der Waals surface area (Å²) >= 11 is 0. The van der Waals surface area contributed by atoms with E-state index in [4.69, 9.17) is 4.74 Å². The van der Waals surface area contributed by atoms with Gasteiger partial charge in [0.1, 0.15) is 11.9 Å². The third-order valence-electron chi connectivity index (χ3n) is 6.06. The minimum atomic E-state index is 0.285. The Morgan fingerprint density at radius 1 is 1.35 bits per heavy atom. The lowest BCUT2D eigenvalue weighted by Gasteiger charge is -2.38. The fraction of sp³-hybridized carbons (Fsp3) is 0.706. The Balaban J connectivity index is 1.78. The summed E-state index contributed by atoms with van der Waals surface area (Å²) in [6.07, 6.45) is 4.12. The van der Waals surface area contributed by atoms with E-state index in [1.165, 1.54) is 19.3 Å². The van der Waals surface area contributed by atoms with Crippen LogP contribution in [0.4, 0.5) is 5.82 Å². The highest BCUT2D eigenvalue weighted by molar-refractivity contribution is 5.37. The lowest BCUT2D eigenvalue weighted by atomic mass is 9.70. The van der Waals surface area contributed by atoms with Crippen LogP contribution in [0.2, 0.25) is 0 Å². The molecule has 0 radical (unpaired) electrons. The molecule has 110 valence electrons. The van der Waals surface area contributed by atoms with E-state index >= 15 is 0 Å². The third-order valence-corrected chi connectivity index (χ3v) is 6.06. The van der Waals surface area contributed by atoms with Crippen molar-refractivity contribution in [2.45, 2.75) is 53.1 Å². The van der Waals surface area contributed by atoms with Gasteiger partial charge in [-0.3, -0.25) is 0 Å². The van der Waals surface area contributed by atoms with E-state index in [-0.39, 0.29) is 5.41 Å². The van der Waals surface area contributed by atoms with Gasteiger partial charge in [-0.25, -0.2) is 0 Å². The molecule has 2 aliphatic carbocycles. The Kier molecular flexibility index (Phi) is 3.19. The molecule has 2 aliphatic rings. The maximum absolute atomic E-state index is 6.28. The zero-order valence-electron chi connectivity index (χ0n) is 13.1. The number of ether oxygens (including phenoxy) is 1. The van der Waals surface area contributed by atoms with Gasteiger partial charge in [-0.2, -0.15) is 4.98 Å². The van der Waals surface area contributed by atoms with Gasteiger partial charge in [-0.05, 0) is 43.6 Å². The van der Waals surface area contributed by atoms with Crippen LogP contribution in [0.5, 0.6) is 5.88 Å². The van der Waals surface area contributed by atoms with Crippen molar-refractivity contribution in [1.29, 1.82) is 0 Å². The number of nitrogens with zero attached hydrogens (tertiary/aromatic N) is 1. The summed E-state index contributed by atoms with van der Waals surface area (Å²) in [4.78, 5) is 4.56. The Bertz CT molecular complexity index is 500. The Hall–Kier alpha value is -1.25. The minimum absolute atomic E-state index is 0.285. The van der Waals surface area contributed by atoms with Crippen molar-refractivity contribution < 1.29 is 4.74 Å². The average Bonchev–Trinajstić information content (AvgIpc) is 2.73. The summed E-state index contributed by atoms with van der Waals surface area (Å²) in [5, 5.41) is 3.24. The summed E-state index contributed by atoms with van der Waals surface area (Å²) in [6, 6.07) is 5.98. The summed E-state index contributed by atoms with van der Waals surface area (Å²) in [7, 11) is 0. The van der Waals surface area contributed by atoms with Crippen LogP contribution >= 0.6 is 0 Å². The summed E-state index contributed by atoms with van der Waals surface area (Å²) in [5.41, 5.74) is 0.671. The first-order valence-corrected chi connectivity index (χ1v) is 7.85. The first-order valence-electron chi connectivity index (χ1n) is 7.85. The lowest BCUT2D eigenvalue weighted by molar-refractivity contribution is 0.0274. The second-order valence-electron chi connectivity index (χ2n) is 7.11.